The SMILES string of the molecule is CN=C(NCc1ccc(OC)c(F)c1)NCC1(c2ccccc2F)CC1.I. The van der Waals surface area contributed by atoms with Crippen LogP contribution in [0.25, 0.3) is 0 Å². The predicted molar refractivity (Wildman–Crippen MR) is 114 cm³/mol. The van der Waals surface area contributed by atoms with Gasteiger partial charge in [-0.1, -0.05) is 24.3 Å². The van der Waals surface area contributed by atoms with Gasteiger partial charge in [0.1, 0.15) is 5.82 Å². The highest BCUT2D eigenvalue weighted by atomic mass is 127. The van der Waals surface area contributed by atoms with Crippen molar-refractivity contribution in [3.63, 3.8) is 0 Å². The van der Waals surface area contributed by atoms with Crippen molar-refractivity contribution in [3.8, 4) is 5.75 Å². The number of nitrogens with one attached hydrogen (secondary N) is 2. The second-order valence-corrected chi connectivity index (χ2v) is 6.51. The molecule has 0 radical (unpaired) electrons. The van der Waals surface area contributed by atoms with Crippen LogP contribution in [-0.2, 0) is 12.0 Å². The Morgan fingerprint density at radius 3 is 2.44 bits per heavy atom. The van der Waals surface area contributed by atoms with E-state index in [1.54, 1.807) is 25.2 Å². The van der Waals surface area contributed by atoms with Gasteiger partial charge in [0.05, 0.1) is 7.11 Å². The number of aliphatic imine (C=N–C) groups is 1. The topological polar surface area (TPSA) is 45.7 Å². The van der Waals surface area contributed by atoms with Crippen LogP contribution in [0.1, 0.15) is 24.0 Å². The number of nitrogens with zero attached hydrogens (tertiary/aromatic N) is 1. The van der Waals surface area contributed by atoms with Gasteiger partial charge in [0.15, 0.2) is 17.5 Å². The summed E-state index contributed by atoms with van der Waals surface area (Å²) in [5, 5.41) is 6.41. The smallest absolute Gasteiger partial charge is 0.191 e. The second-order valence-electron chi connectivity index (χ2n) is 6.51. The van der Waals surface area contributed by atoms with Crippen molar-refractivity contribution in [2.24, 2.45) is 4.99 Å². The minimum atomic E-state index is -0.397. The van der Waals surface area contributed by atoms with Gasteiger partial charge in [-0.05, 0) is 42.2 Å². The van der Waals surface area contributed by atoms with Crippen molar-refractivity contribution in [1.29, 1.82) is 0 Å². The van der Waals surface area contributed by atoms with Crippen LogP contribution in [0.2, 0.25) is 0 Å². The van der Waals surface area contributed by atoms with Crippen LogP contribution in [0.5, 0.6) is 5.75 Å². The number of halogens is 3. The average Bonchev–Trinajstić information content (AvgIpc) is 3.43. The molecule has 7 heteroatoms. The van der Waals surface area contributed by atoms with Gasteiger partial charge in [-0.3, -0.25) is 4.99 Å². The Morgan fingerprint density at radius 1 is 1.11 bits per heavy atom. The standard InChI is InChI=1S/C20H23F2N3O.HI/c1-23-19(24-12-14-7-8-18(26-2)17(22)11-14)25-13-20(9-10-20)15-5-3-4-6-16(15)21;/h3-8,11H,9-10,12-13H2,1-2H3,(H2,23,24,25);1H. The number of hydrogen-bond acceptors (Lipinski definition) is 2. The van der Waals surface area contributed by atoms with E-state index >= 15 is 0 Å². The zero-order chi connectivity index (χ0) is 18.6. The number of ether oxygens (including phenoxy) is 1. The fraction of sp³-hybridized carbons (Fsp3) is 0.350. The van der Waals surface area contributed by atoms with Crippen LogP contribution in [0.4, 0.5) is 8.78 Å². The summed E-state index contributed by atoms with van der Waals surface area (Å²) in [4.78, 5) is 4.19. The largest absolute Gasteiger partial charge is 0.494 e. The molecule has 1 fully saturated rings. The number of rotatable bonds is 6. The van der Waals surface area contributed by atoms with Crippen LogP contribution < -0.4 is 15.4 Å². The Labute approximate surface area is 175 Å². The molecule has 0 aromatic heterocycles. The van der Waals surface area contributed by atoms with Crippen molar-refractivity contribution in [3.05, 3.63) is 65.2 Å². The maximum Gasteiger partial charge on any atom is 0.191 e. The molecular weight excluding hydrogens is 463 g/mol. The Kier molecular flexibility index (Phi) is 7.41. The number of hydrogen-bond donors (Lipinski definition) is 2. The molecule has 0 bridgehead atoms. The van der Waals surface area contributed by atoms with E-state index in [1.165, 1.54) is 19.2 Å². The summed E-state index contributed by atoms with van der Waals surface area (Å²) in [6.07, 6.45) is 1.89. The van der Waals surface area contributed by atoms with Crippen molar-refractivity contribution in [2.75, 3.05) is 20.7 Å². The van der Waals surface area contributed by atoms with Gasteiger partial charge < -0.3 is 15.4 Å². The molecule has 0 heterocycles. The molecule has 0 spiro atoms. The molecule has 0 saturated heterocycles. The van der Waals surface area contributed by atoms with Crippen molar-refractivity contribution in [2.45, 2.75) is 24.8 Å². The maximum atomic E-state index is 14.1. The van der Waals surface area contributed by atoms with Crippen LogP contribution in [0.15, 0.2) is 47.5 Å². The number of benzene rings is 2. The molecule has 0 aliphatic heterocycles. The summed E-state index contributed by atoms with van der Waals surface area (Å²) < 4.78 is 32.8. The lowest BCUT2D eigenvalue weighted by atomic mass is 9.95. The van der Waals surface area contributed by atoms with Gasteiger partial charge >= 0.3 is 0 Å². The van der Waals surface area contributed by atoms with E-state index in [9.17, 15) is 8.78 Å². The molecular formula is C20H24F2IN3O. The average molecular weight is 487 g/mol. The molecule has 2 N–H and O–H groups in total. The highest BCUT2D eigenvalue weighted by molar-refractivity contribution is 14.0. The van der Waals surface area contributed by atoms with Crippen molar-refractivity contribution >= 4 is 29.9 Å². The minimum absolute atomic E-state index is 0. The Balaban J connectivity index is 0.00000261. The van der Waals surface area contributed by atoms with E-state index in [1.807, 2.05) is 12.1 Å². The van der Waals surface area contributed by atoms with Crippen molar-refractivity contribution < 1.29 is 13.5 Å². The summed E-state index contributed by atoms with van der Waals surface area (Å²) >= 11 is 0. The van der Waals surface area contributed by atoms with Gasteiger partial charge in [0.2, 0.25) is 0 Å². The van der Waals surface area contributed by atoms with Crippen LogP contribution in [0, 0.1) is 11.6 Å². The molecule has 27 heavy (non-hydrogen) atoms. The maximum absolute atomic E-state index is 14.1. The first-order valence-corrected chi connectivity index (χ1v) is 8.60. The molecule has 1 aliphatic carbocycles. The number of methoxy groups -OCH3 is 1. The Morgan fingerprint density at radius 2 is 1.85 bits per heavy atom. The lowest BCUT2D eigenvalue weighted by Crippen LogP contribution is -2.41. The fourth-order valence-electron chi connectivity index (χ4n) is 3.06. The van der Waals surface area contributed by atoms with Gasteiger partial charge in [-0.25, -0.2) is 8.78 Å². The van der Waals surface area contributed by atoms with Gasteiger partial charge in [0, 0.05) is 25.6 Å². The van der Waals surface area contributed by atoms with E-state index in [0.717, 1.165) is 24.0 Å². The van der Waals surface area contributed by atoms with Crippen LogP contribution in [-0.4, -0.2) is 26.7 Å². The molecule has 2 aromatic carbocycles. The van der Waals surface area contributed by atoms with E-state index in [0.29, 0.717) is 19.0 Å². The lowest BCUT2D eigenvalue weighted by Gasteiger charge is -2.19. The van der Waals surface area contributed by atoms with Gasteiger partial charge in [-0.15, -0.1) is 24.0 Å². The Hall–Kier alpha value is -1.90. The monoisotopic (exact) mass is 487 g/mol. The summed E-state index contributed by atoms with van der Waals surface area (Å²) in [5.41, 5.74) is 1.36. The third kappa shape index (κ3) is 5.09. The first-order chi connectivity index (χ1) is 12.6. The highest BCUT2D eigenvalue weighted by Gasteiger charge is 2.45. The fourth-order valence-corrected chi connectivity index (χ4v) is 3.06. The highest BCUT2D eigenvalue weighted by Crippen LogP contribution is 2.48. The molecule has 4 nitrogen and oxygen atoms in total. The molecule has 1 aliphatic rings. The van der Waals surface area contributed by atoms with E-state index in [-0.39, 0.29) is 41.0 Å². The molecule has 2 aromatic rings. The third-order valence-electron chi connectivity index (χ3n) is 4.79. The predicted octanol–water partition coefficient (Wildman–Crippen LogP) is 3.99. The van der Waals surface area contributed by atoms with Crippen molar-refractivity contribution in [1.82, 2.24) is 10.6 Å². The molecule has 1 saturated carbocycles. The Bertz CT molecular complexity index is 810. The first kappa shape index (κ1) is 21.4. The van der Waals surface area contributed by atoms with Crippen LogP contribution >= 0.6 is 24.0 Å². The normalized spacial score (nSPS) is 14.9. The second kappa shape index (κ2) is 9.34. The zero-order valence-corrected chi connectivity index (χ0v) is 17.7. The van der Waals surface area contributed by atoms with Gasteiger partial charge in [0.25, 0.3) is 0 Å². The minimum Gasteiger partial charge on any atom is -0.494 e. The first-order valence-electron chi connectivity index (χ1n) is 8.60. The lowest BCUT2D eigenvalue weighted by molar-refractivity contribution is 0.386. The van der Waals surface area contributed by atoms with E-state index < -0.39 is 5.82 Å². The molecule has 0 atom stereocenters. The quantitative estimate of drug-likeness (QED) is 0.368. The summed E-state index contributed by atoms with van der Waals surface area (Å²) in [6.45, 7) is 1.03. The summed E-state index contributed by atoms with van der Waals surface area (Å²) in [7, 11) is 3.11. The molecule has 146 valence electrons. The van der Waals surface area contributed by atoms with Gasteiger partial charge in [-0.2, -0.15) is 0 Å². The molecule has 0 unspecified atom stereocenters. The third-order valence-corrected chi connectivity index (χ3v) is 4.79. The summed E-state index contributed by atoms with van der Waals surface area (Å²) in [5.74, 6) is 0.260. The molecule has 3 rings (SSSR count). The van der Waals surface area contributed by atoms with E-state index in [2.05, 4.69) is 15.6 Å². The molecule has 0 amide bonds. The summed E-state index contributed by atoms with van der Waals surface area (Å²) in [6, 6.07) is 11.7. The zero-order valence-electron chi connectivity index (χ0n) is 15.4. The van der Waals surface area contributed by atoms with Crippen LogP contribution in [0.3, 0.4) is 0 Å². The number of guanidine groups is 1. The van der Waals surface area contributed by atoms with E-state index in [4.69, 9.17) is 4.74 Å².